The Morgan fingerprint density at radius 1 is 1.29 bits per heavy atom. The maximum atomic E-state index is 12.5. The van der Waals surface area contributed by atoms with Gasteiger partial charge in [0.25, 0.3) is 5.91 Å². The van der Waals surface area contributed by atoms with Crippen LogP contribution >= 0.6 is 15.9 Å². The van der Waals surface area contributed by atoms with E-state index in [9.17, 15) is 13.2 Å². The summed E-state index contributed by atoms with van der Waals surface area (Å²) >= 11 is 3.30. The van der Waals surface area contributed by atoms with Crippen LogP contribution in [0.3, 0.4) is 0 Å². The van der Waals surface area contributed by atoms with E-state index in [0.29, 0.717) is 44.7 Å². The van der Waals surface area contributed by atoms with Crippen molar-refractivity contribution < 1.29 is 17.9 Å². The lowest BCUT2D eigenvalue weighted by Crippen LogP contribution is -2.64. The van der Waals surface area contributed by atoms with Crippen LogP contribution in [0.2, 0.25) is 0 Å². The molecule has 2 fully saturated rings. The van der Waals surface area contributed by atoms with Crippen molar-refractivity contribution in [2.45, 2.75) is 24.9 Å². The zero-order valence-electron chi connectivity index (χ0n) is 13.4. The van der Waals surface area contributed by atoms with E-state index >= 15 is 0 Å². The summed E-state index contributed by atoms with van der Waals surface area (Å²) in [5.74, 6) is -0.125. The predicted octanol–water partition coefficient (Wildman–Crippen LogP) is 1.11. The lowest BCUT2D eigenvalue weighted by Gasteiger charge is -2.47. The first-order valence-corrected chi connectivity index (χ1v) is 10.5. The van der Waals surface area contributed by atoms with Crippen LogP contribution in [0.4, 0.5) is 0 Å². The quantitative estimate of drug-likeness (QED) is 0.732. The number of likely N-dealkylation sites (tertiary alicyclic amines) is 1. The molecular weight excluding hydrogens is 398 g/mol. The SMILES string of the molecule is CS(=O)(=O)N(C1CCOCC1)C1CN(C(=O)c2cncc(Br)c2)C1. The van der Waals surface area contributed by atoms with Crippen LogP contribution in [-0.4, -0.2) is 73.2 Å². The monoisotopic (exact) mass is 417 g/mol. The Kier molecular flexibility index (Phi) is 5.24. The number of hydrogen-bond acceptors (Lipinski definition) is 5. The van der Waals surface area contributed by atoms with Gasteiger partial charge in [0.15, 0.2) is 0 Å². The van der Waals surface area contributed by atoms with Crippen molar-refractivity contribution in [3.63, 3.8) is 0 Å². The van der Waals surface area contributed by atoms with E-state index in [1.54, 1.807) is 21.5 Å². The number of carbonyl (C=O) groups is 1. The fraction of sp³-hybridized carbons (Fsp3) is 0.600. The normalized spacial score (nSPS) is 20.2. The summed E-state index contributed by atoms with van der Waals surface area (Å²) in [4.78, 5) is 18.1. The smallest absolute Gasteiger partial charge is 0.255 e. The third-order valence-corrected chi connectivity index (χ3v) is 6.19. The molecule has 1 aromatic rings. The van der Waals surface area contributed by atoms with E-state index in [1.165, 1.54) is 12.5 Å². The molecule has 2 saturated heterocycles. The molecule has 3 rings (SSSR count). The van der Waals surface area contributed by atoms with Crippen LogP contribution in [0.5, 0.6) is 0 Å². The van der Waals surface area contributed by atoms with E-state index in [-0.39, 0.29) is 18.0 Å². The molecule has 9 heteroatoms. The highest BCUT2D eigenvalue weighted by Crippen LogP contribution is 2.27. The number of aromatic nitrogens is 1. The molecule has 0 unspecified atom stereocenters. The minimum Gasteiger partial charge on any atom is -0.381 e. The van der Waals surface area contributed by atoms with Gasteiger partial charge in [-0.25, -0.2) is 8.42 Å². The number of halogens is 1. The Morgan fingerprint density at radius 2 is 1.96 bits per heavy atom. The van der Waals surface area contributed by atoms with Gasteiger partial charge in [0.05, 0.1) is 17.9 Å². The molecule has 3 heterocycles. The van der Waals surface area contributed by atoms with Gasteiger partial charge in [-0.2, -0.15) is 4.31 Å². The number of rotatable bonds is 4. The Morgan fingerprint density at radius 3 is 2.54 bits per heavy atom. The molecule has 0 saturated carbocycles. The van der Waals surface area contributed by atoms with Crippen LogP contribution < -0.4 is 0 Å². The molecule has 1 amide bonds. The molecule has 0 aliphatic carbocycles. The van der Waals surface area contributed by atoms with Crippen molar-refractivity contribution in [1.29, 1.82) is 0 Å². The van der Waals surface area contributed by atoms with Crippen molar-refractivity contribution in [2.24, 2.45) is 0 Å². The van der Waals surface area contributed by atoms with E-state index in [0.717, 1.165) is 4.47 Å². The standard InChI is InChI=1S/C15H20BrN3O4S/c1-24(21,22)19(13-2-4-23-5-3-13)14-9-18(10-14)15(20)11-6-12(16)8-17-7-11/h6-8,13-14H,2-5,9-10H2,1H3. The number of ether oxygens (including phenoxy) is 1. The number of pyridine rings is 1. The summed E-state index contributed by atoms with van der Waals surface area (Å²) in [6.45, 7) is 1.98. The largest absolute Gasteiger partial charge is 0.381 e. The molecule has 7 nitrogen and oxygen atoms in total. The van der Waals surface area contributed by atoms with E-state index in [1.807, 2.05) is 0 Å². The van der Waals surface area contributed by atoms with Gasteiger partial charge in [0.2, 0.25) is 10.0 Å². The summed E-state index contributed by atoms with van der Waals surface area (Å²) in [6, 6.07) is 1.52. The van der Waals surface area contributed by atoms with Crippen molar-refractivity contribution in [3.8, 4) is 0 Å². The number of carbonyl (C=O) groups excluding carboxylic acids is 1. The first-order valence-electron chi connectivity index (χ1n) is 7.82. The summed E-state index contributed by atoms with van der Waals surface area (Å²) < 4.78 is 32.1. The second-order valence-corrected chi connectivity index (χ2v) is 9.00. The van der Waals surface area contributed by atoms with Crippen molar-refractivity contribution >= 4 is 31.9 Å². The highest BCUT2D eigenvalue weighted by Gasteiger charge is 2.42. The Balaban J connectivity index is 1.67. The third kappa shape index (κ3) is 3.79. The average molecular weight is 418 g/mol. The van der Waals surface area contributed by atoms with Crippen LogP contribution in [0.15, 0.2) is 22.9 Å². The maximum absolute atomic E-state index is 12.5. The molecule has 1 aromatic heterocycles. The fourth-order valence-corrected chi connectivity index (χ4v) is 5.06. The topological polar surface area (TPSA) is 79.8 Å². The summed E-state index contributed by atoms with van der Waals surface area (Å²) in [6.07, 6.45) is 5.78. The Bertz CT molecular complexity index is 715. The minimum absolute atomic E-state index is 0.0384. The lowest BCUT2D eigenvalue weighted by atomic mass is 10.0. The molecule has 0 radical (unpaired) electrons. The van der Waals surface area contributed by atoms with Crippen molar-refractivity contribution in [1.82, 2.24) is 14.2 Å². The van der Waals surface area contributed by atoms with Crippen molar-refractivity contribution in [3.05, 3.63) is 28.5 Å². The Hall–Kier alpha value is -1.03. The van der Waals surface area contributed by atoms with Gasteiger partial charge < -0.3 is 9.64 Å². The summed E-state index contributed by atoms with van der Waals surface area (Å²) in [5.41, 5.74) is 0.500. The summed E-state index contributed by atoms with van der Waals surface area (Å²) in [5, 5.41) is 0. The van der Waals surface area contributed by atoms with Gasteiger partial charge in [-0.1, -0.05) is 0 Å². The third-order valence-electron chi connectivity index (χ3n) is 4.39. The highest BCUT2D eigenvalue weighted by atomic mass is 79.9. The van der Waals surface area contributed by atoms with Gasteiger partial charge in [-0.3, -0.25) is 9.78 Å². The van der Waals surface area contributed by atoms with Crippen LogP contribution in [0.25, 0.3) is 0 Å². The van der Waals surface area contributed by atoms with Gasteiger partial charge >= 0.3 is 0 Å². The maximum Gasteiger partial charge on any atom is 0.255 e. The second-order valence-electron chi connectivity index (χ2n) is 6.19. The molecule has 0 atom stereocenters. The first-order chi connectivity index (χ1) is 11.4. The average Bonchev–Trinajstić information content (AvgIpc) is 2.49. The number of nitrogens with zero attached hydrogens (tertiary/aromatic N) is 3. The number of hydrogen-bond donors (Lipinski definition) is 0. The number of amides is 1. The molecule has 0 N–H and O–H groups in total. The highest BCUT2D eigenvalue weighted by molar-refractivity contribution is 9.10. The van der Waals surface area contributed by atoms with Crippen LogP contribution in [-0.2, 0) is 14.8 Å². The van der Waals surface area contributed by atoms with Crippen LogP contribution in [0, 0.1) is 0 Å². The molecule has 2 aliphatic heterocycles. The molecule has 24 heavy (non-hydrogen) atoms. The van der Waals surface area contributed by atoms with E-state index < -0.39 is 10.0 Å². The molecule has 0 bridgehead atoms. The zero-order chi connectivity index (χ0) is 17.3. The minimum atomic E-state index is -3.33. The summed E-state index contributed by atoms with van der Waals surface area (Å²) in [7, 11) is -3.33. The molecular formula is C15H20BrN3O4S. The van der Waals surface area contributed by atoms with Crippen molar-refractivity contribution in [2.75, 3.05) is 32.6 Å². The van der Waals surface area contributed by atoms with E-state index in [4.69, 9.17) is 4.74 Å². The second kappa shape index (κ2) is 7.07. The number of sulfonamides is 1. The Labute approximate surface area is 150 Å². The molecule has 132 valence electrons. The lowest BCUT2D eigenvalue weighted by molar-refractivity contribution is 0.0125. The van der Waals surface area contributed by atoms with E-state index in [2.05, 4.69) is 20.9 Å². The predicted molar refractivity (Wildman–Crippen MR) is 92.2 cm³/mol. The van der Waals surface area contributed by atoms with Gasteiger partial charge in [0, 0.05) is 49.2 Å². The van der Waals surface area contributed by atoms with Crippen LogP contribution in [0.1, 0.15) is 23.2 Å². The first kappa shape index (κ1) is 17.8. The van der Waals surface area contributed by atoms with Gasteiger partial charge in [-0.05, 0) is 34.8 Å². The fourth-order valence-electron chi connectivity index (χ4n) is 3.27. The van der Waals surface area contributed by atoms with Gasteiger partial charge in [-0.15, -0.1) is 0 Å². The van der Waals surface area contributed by atoms with Gasteiger partial charge in [0.1, 0.15) is 0 Å². The molecule has 2 aliphatic rings. The molecule has 0 spiro atoms. The zero-order valence-corrected chi connectivity index (χ0v) is 15.8. The molecule has 0 aromatic carbocycles.